The minimum Gasteiger partial charge on any atom is -0.155 e. The third-order valence-electron chi connectivity index (χ3n) is 15.6. The first kappa shape index (κ1) is 32.3. The molecule has 0 N–H and O–H groups in total. The van der Waals surface area contributed by atoms with Crippen molar-refractivity contribution < 1.29 is 0 Å². The van der Waals surface area contributed by atoms with Crippen molar-refractivity contribution in [1.29, 1.82) is 0 Å². The Hall–Kier alpha value is -0.213. The molecule has 1 heterocycles. The number of hydrogen-bond acceptors (Lipinski definition) is 1. The van der Waals surface area contributed by atoms with E-state index in [0.29, 0.717) is 0 Å². The first-order chi connectivity index (χ1) is 20.6. The lowest BCUT2D eigenvalue weighted by molar-refractivity contribution is 0.121. The van der Waals surface area contributed by atoms with Crippen molar-refractivity contribution >= 4 is 19.8 Å². The van der Waals surface area contributed by atoms with Crippen LogP contribution in [0.4, 0.5) is 0 Å². The van der Waals surface area contributed by atoms with E-state index < -0.39 is 8.07 Å². The highest BCUT2D eigenvalue weighted by molar-refractivity contribution is 8.01. The van der Waals surface area contributed by atoms with Gasteiger partial charge in [0, 0.05) is 10.5 Å². The maximum absolute atomic E-state index is 2.95. The Kier molecular flexibility index (Phi) is 8.21. The van der Waals surface area contributed by atoms with E-state index in [1.165, 1.54) is 44.9 Å². The molecule has 1 saturated heterocycles. The third kappa shape index (κ3) is 5.10. The Labute approximate surface area is 278 Å². The van der Waals surface area contributed by atoms with E-state index in [9.17, 15) is 0 Å². The van der Waals surface area contributed by atoms with Gasteiger partial charge in [0.15, 0.2) is 0 Å². The zero-order chi connectivity index (χ0) is 31.5. The molecule has 5 saturated carbocycles. The van der Waals surface area contributed by atoms with Gasteiger partial charge in [0.05, 0.1) is 8.07 Å². The van der Waals surface area contributed by atoms with Crippen LogP contribution < -0.4 is 0 Å². The van der Waals surface area contributed by atoms with Crippen molar-refractivity contribution in [2.24, 2.45) is 53.3 Å². The molecule has 0 bridgehead atoms. The average molecular weight is 633 g/mol. The molecule has 6 aliphatic rings. The molecule has 7 rings (SSSR count). The van der Waals surface area contributed by atoms with Gasteiger partial charge in [-0.3, -0.25) is 0 Å². The number of hydrogen-bond donors (Lipinski definition) is 0. The lowest BCUT2D eigenvalue weighted by atomic mass is 9.61. The summed E-state index contributed by atoms with van der Waals surface area (Å²) in [6.45, 7) is 28.7. The van der Waals surface area contributed by atoms with E-state index in [1.54, 1.807) is 29.5 Å². The normalized spacial score (nSPS) is 45.6. The molecular weight excluding hydrogens is 565 g/mol. The fraction of sp³-hybridized carbons (Fsp3) is 0.857. The van der Waals surface area contributed by atoms with Gasteiger partial charge in [0.1, 0.15) is 0 Å². The van der Waals surface area contributed by atoms with Crippen LogP contribution in [-0.4, -0.2) is 18.6 Å². The minimum absolute atomic E-state index is 0.196. The summed E-state index contributed by atoms with van der Waals surface area (Å²) in [7, 11) is -1.54. The molecule has 246 valence electrons. The van der Waals surface area contributed by atoms with Gasteiger partial charge < -0.3 is 0 Å². The second-order valence-electron chi connectivity index (χ2n) is 20.3. The highest BCUT2D eigenvalue weighted by Gasteiger charge is 2.65. The van der Waals surface area contributed by atoms with Crippen LogP contribution in [0.25, 0.3) is 0 Å². The molecule has 1 aromatic rings. The second-order valence-corrected chi connectivity index (χ2v) is 26.7. The fourth-order valence-corrected chi connectivity index (χ4v) is 23.6. The highest BCUT2D eigenvalue weighted by atomic mass is 32.2. The summed E-state index contributed by atoms with van der Waals surface area (Å²) in [5, 5.41) is 1.98. The van der Waals surface area contributed by atoms with Crippen LogP contribution in [0.3, 0.4) is 0 Å². The van der Waals surface area contributed by atoms with Crippen LogP contribution in [0.1, 0.15) is 143 Å². The van der Waals surface area contributed by atoms with Crippen molar-refractivity contribution in [3.8, 4) is 0 Å². The van der Waals surface area contributed by atoms with Gasteiger partial charge in [0.2, 0.25) is 0 Å². The zero-order valence-electron chi connectivity index (χ0n) is 30.6. The molecule has 44 heavy (non-hydrogen) atoms. The lowest BCUT2D eigenvalue weighted by Gasteiger charge is -2.50. The molecule has 0 spiro atoms. The summed E-state index contributed by atoms with van der Waals surface area (Å²) in [6.07, 6.45) is 13.7. The molecule has 5 aliphatic carbocycles. The first-order valence-electron chi connectivity index (χ1n) is 19.4. The summed E-state index contributed by atoms with van der Waals surface area (Å²) in [5.41, 5.74) is 7.34. The molecule has 0 nitrogen and oxygen atoms in total. The number of rotatable bonds is 3. The molecule has 1 aromatic carbocycles. The van der Waals surface area contributed by atoms with Crippen LogP contribution >= 0.6 is 11.8 Å². The van der Waals surface area contributed by atoms with Crippen LogP contribution in [0.5, 0.6) is 0 Å². The molecule has 2 heteroatoms. The number of fused-ring (bicyclic) bond motifs is 5. The van der Waals surface area contributed by atoms with Crippen molar-refractivity contribution in [3.05, 3.63) is 34.9 Å². The number of benzene rings is 1. The molecule has 14 atom stereocenters. The van der Waals surface area contributed by atoms with Crippen molar-refractivity contribution in [2.75, 3.05) is 0 Å². The van der Waals surface area contributed by atoms with Gasteiger partial charge in [-0.1, -0.05) is 119 Å². The maximum atomic E-state index is 2.95. The van der Waals surface area contributed by atoms with Gasteiger partial charge in [-0.2, -0.15) is 11.8 Å². The molecular formula is C42H68SSi. The minimum atomic E-state index is -1.54. The third-order valence-corrected chi connectivity index (χ3v) is 23.0. The largest absolute Gasteiger partial charge is 0.155 e. The summed E-state index contributed by atoms with van der Waals surface area (Å²) < 4.78 is 0. The van der Waals surface area contributed by atoms with Crippen molar-refractivity contribution in [2.45, 2.75) is 172 Å². The van der Waals surface area contributed by atoms with Crippen molar-refractivity contribution in [3.63, 3.8) is 0 Å². The fourth-order valence-electron chi connectivity index (χ4n) is 13.7. The Morgan fingerprint density at radius 3 is 1.95 bits per heavy atom. The summed E-state index contributed by atoms with van der Waals surface area (Å²) >= 11 is 2.55. The molecule has 14 unspecified atom stereocenters. The molecule has 1 aliphatic heterocycles. The van der Waals surface area contributed by atoms with Crippen LogP contribution in [-0.2, 0) is 10.8 Å². The highest BCUT2D eigenvalue weighted by Crippen LogP contribution is 2.71. The van der Waals surface area contributed by atoms with Crippen LogP contribution in [0, 0.1) is 53.3 Å². The lowest BCUT2D eigenvalue weighted by Crippen LogP contribution is -2.48. The van der Waals surface area contributed by atoms with E-state index in [2.05, 4.69) is 105 Å². The van der Waals surface area contributed by atoms with Gasteiger partial charge in [-0.05, 0) is 130 Å². The van der Waals surface area contributed by atoms with E-state index in [1.807, 2.05) is 0 Å². The Morgan fingerprint density at radius 2 is 1.30 bits per heavy atom. The van der Waals surface area contributed by atoms with E-state index in [-0.39, 0.29) is 10.8 Å². The summed E-state index contributed by atoms with van der Waals surface area (Å²) in [6, 6.07) is 8.02. The van der Waals surface area contributed by atoms with Gasteiger partial charge in [0.25, 0.3) is 0 Å². The Morgan fingerprint density at radius 1 is 0.659 bits per heavy atom. The molecule has 0 amide bonds. The summed E-state index contributed by atoms with van der Waals surface area (Å²) in [5.74, 6) is 9.45. The molecule has 0 aromatic heterocycles. The first-order valence-corrected chi connectivity index (χ1v) is 23.5. The van der Waals surface area contributed by atoms with Crippen LogP contribution in [0.2, 0.25) is 24.2 Å². The molecule has 0 radical (unpaired) electrons. The second kappa shape index (κ2) is 11.2. The zero-order valence-corrected chi connectivity index (χ0v) is 32.4. The predicted molar refractivity (Wildman–Crippen MR) is 197 cm³/mol. The number of thioether (sulfide) groups is 1. The monoisotopic (exact) mass is 632 g/mol. The van der Waals surface area contributed by atoms with Gasteiger partial charge in [-0.25, -0.2) is 0 Å². The predicted octanol–water partition coefficient (Wildman–Crippen LogP) is 12.5. The summed E-state index contributed by atoms with van der Waals surface area (Å²) in [4.78, 5) is 0. The standard InChI is InChI=1S/C42H68SSi/c1-24-19-33-34(39(24)44(10,11)40-26(3)25(2)36-32-16-12-13-18-35(32)43-38(36)40)22-27-15-14-17-31(27)37(33)28-20-29(41(4,5)6)23-30(21-28)42(7,8)9/h20-21,23-27,31-40H,12-19,22H2,1-11H3. The molecule has 6 fully saturated rings. The maximum Gasteiger partial charge on any atom is 0.0555 e. The smallest absolute Gasteiger partial charge is 0.0555 e. The Balaban J connectivity index is 1.26. The van der Waals surface area contributed by atoms with E-state index >= 15 is 0 Å². The van der Waals surface area contributed by atoms with Gasteiger partial charge >= 0.3 is 0 Å². The topological polar surface area (TPSA) is 0 Å². The van der Waals surface area contributed by atoms with Crippen LogP contribution in [0.15, 0.2) is 18.2 Å². The van der Waals surface area contributed by atoms with E-state index in [4.69, 9.17) is 0 Å². The van der Waals surface area contributed by atoms with Gasteiger partial charge in [-0.15, -0.1) is 0 Å². The van der Waals surface area contributed by atoms with Crippen molar-refractivity contribution in [1.82, 2.24) is 0 Å². The SMILES string of the molecule is CC1CC2C(CC3CCCC3C2c2cc(C(C)(C)C)cc(C(C)(C)C)c2)C1[Si](C)(C)C1C(C)C(C)C2C3CCCCC3SC21. The van der Waals surface area contributed by atoms with E-state index in [0.717, 1.165) is 80.8 Å². The quantitative estimate of drug-likeness (QED) is 0.299. The Bertz CT molecular complexity index is 1180. The average Bonchev–Trinajstić information content (AvgIpc) is 3.68.